The molecular weight excluding hydrogens is 193 g/mol. The molecule has 0 unspecified atom stereocenters. The van der Waals surface area contributed by atoms with Crippen molar-refractivity contribution < 1.29 is 14.8 Å². The molecular formula is C10H10BNO3. The molecule has 0 spiro atoms. The molecule has 0 saturated carbocycles. The molecule has 15 heavy (non-hydrogen) atoms. The molecule has 2 N–H and O–H groups in total. The summed E-state index contributed by atoms with van der Waals surface area (Å²) in [5.74, 6) is 0.454. The molecule has 1 aromatic carbocycles. The standard InChI is InChI=1S/C10H10BNO3/c1-15-10-7-4-2-3-5-9(7)12-6-8(10)11(13)14/h2-6,13-14H,1H3. The molecule has 0 amide bonds. The van der Waals surface area contributed by atoms with Crippen molar-refractivity contribution >= 4 is 23.5 Å². The highest BCUT2D eigenvalue weighted by Gasteiger charge is 2.19. The number of hydrogen-bond acceptors (Lipinski definition) is 4. The van der Waals surface area contributed by atoms with Crippen molar-refractivity contribution in [3.05, 3.63) is 30.5 Å². The van der Waals surface area contributed by atoms with Gasteiger partial charge in [-0.25, -0.2) is 0 Å². The summed E-state index contributed by atoms with van der Waals surface area (Å²) < 4.78 is 5.16. The van der Waals surface area contributed by atoms with Crippen LogP contribution in [0.5, 0.6) is 5.75 Å². The van der Waals surface area contributed by atoms with E-state index in [4.69, 9.17) is 14.8 Å². The van der Waals surface area contributed by atoms with E-state index < -0.39 is 7.12 Å². The maximum atomic E-state index is 9.13. The number of nitrogens with zero attached hydrogens (tertiary/aromatic N) is 1. The molecule has 2 rings (SSSR count). The van der Waals surface area contributed by atoms with E-state index in [1.165, 1.54) is 13.3 Å². The van der Waals surface area contributed by atoms with Gasteiger partial charge >= 0.3 is 7.12 Å². The number of para-hydroxylation sites is 1. The van der Waals surface area contributed by atoms with Gasteiger partial charge in [-0.05, 0) is 12.1 Å². The molecule has 76 valence electrons. The summed E-state index contributed by atoms with van der Waals surface area (Å²) in [5, 5.41) is 19.0. The Bertz CT molecular complexity index is 487. The Morgan fingerprint density at radius 1 is 1.27 bits per heavy atom. The fourth-order valence-electron chi connectivity index (χ4n) is 1.54. The lowest BCUT2D eigenvalue weighted by Gasteiger charge is -2.09. The lowest BCUT2D eigenvalue weighted by Crippen LogP contribution is -2.31. The van der Waals surface area contributed by atoms with Gasteiger partial charge in [-0.2, -0.15) is 0 Å². The number of hydrogen-bond donors (Lipinski definition) is 2. The molecule has 0 radical (unpaired) electrons. The Morgan fingerprint density at radius 3 is 2.67 bits per heavy atom. The van der Waals surface area contributed by atoms with Crippen LogP contribution < -0.4 is 10.2 Å². The first-order chi connectivity index (χ1) is 7.24. The number of benzene rings is 1. The van der Waals surface area contributed by atoms with Crippen LogP contribution in [-0.2, 0) is 0 Å². The van der Waals surface area contributed by atoms with Crippen LogP contribution in [0.3, 0.4) is 0 Å². The number of methoxy groups -OCH3 is 1. The van der Waals surface area contributed by atoms with Crippen molar-refractivity contribution in [2.75, 3.05) is 7.11 Å². The van der Waals surface area contributed by atoms with Crippen LogP contribution in [-0.4, -0.2) is 29.3 Å². The Hall–Kier alpha value is -1.59. The number of rotatable bonds is 2. The van der Waals surface area contributed by atoms with Gasteiger partial charge in [0.2, 0.25) is 0 Å². The number of aromatic nitrogens is 1. The van der Waals surface area contributed by atoms with Gasteiger partial charge in [-0.3, -0.25) is 4.98 Å². The van der Waals surface area contributed by atoms with Crippen LogP contribution in [0.4, 0.5) is 0 Å². The molecule has 0 aliphatic carbocycles. The monoisotopic (exact) mass is 203 g/mol. The minimum atomic E-state index is -1.57. The third-order valence-corrected chi connectivity index (χ3v) is 2.24. The molecule has 0 aliphatic heterocycles. The van der Waals surface area contributed by atoms with E-state index in [1.54, 1.807) is 0 Å². The van der Waals surface area contributed by atoms with Gasteiger partial charge in [0.1, 0.15) is 5.75 Å². The minimum absolute atomic E-state index is 0.274. The van der Waals surface area contributed by atoms with Crippen molar-refractivity contribution in [3.63, 3.8) is 0 Å². The van der Waals surface area contributed by atoms with Gasteiger partial charge in [-0.1, -0.05) is 12.1 Å². The summed E-state index contributed by atoms with van der Waals surface area (Å²) in [4.78, 5) is 4.11. The van der Waals surface area contributed by atoms with Gasteiger partial charge in [0.25, 0.3) is 0 Å². The maximum Gasteiger partial charge on any atom is 0.493 e. The molecule has 1 aromatic heterocycles. The molecule has 0 fully saturated rings. The molecule has 2 aromatic rings. The second kappa shape index (κ2) is 3.88. The van der Waals surface area contributed by atoms with Gasteiger partial charge in [0.15, 0.2) is 0 Å². The van der Waals surface area contributed by atoms with E-state index in [1.807, 2.05) is 24.3 Å². The molecule has 1 heterocycles. The van der Waals surface area contributed by atoms with Crippen LogP contribution in [0.15, 0.2) is 30.5 Å². The van der Waals surface area contributed by atoms with Crippen LogP contribution in [0.2, 0.25) is 0 Å². The molecule has 0 aliphatic rings. The Balaban J connectivity index is 2.75. The van der Waals surface area contributed by atoms with Gasteiger partial charge in [-0.15, -0.1) is 0 Å². The highest BCUT2D eigenvalue weighted by Crippen LogP contribution is 2.21. The zero-order chi connectivity index (χ0) is 10.8. The van der Waals surface area contributed by atoms with E-state index in [-0.39, 0.29) is 5.46 Å². The molecule has 0 saturated heterocycles. The SMILES string of the molecule is COc1c(B(O)O)cnc2ccccc12. The average Bonchev–Trinajstić information content (AvgIpc) is 2.27. The second-order valence-corrected chi connectivity index (χ2v) is 3.14. The van der Waals surface area contributed by atoms with Crippen molar-refractivity contribution in [2.45, 2.75) is 0 Å². The van der Waals surface area contributed by atoms with Crippen LogP contribution >= 0.6 is 0 Å². The smallest absolute Gasteiger partial charge is 0.493 e. The minimum Gasteiger partial charge on any atom is -0.496 e. The lowest BCUT2D eigenvalue weighted by atomic mass is 9.80. The number of fused-ring (bicyclic) bond motifs is 1. The van der Waals surface area contributed by atoms with Crippen molar-refractivity contribution in [2.24, 2.45) is 0 Å². The normalized spacial score (nSPS) is 10.3. The van der Waals surface area contributed by atoms with E-state index >= 15 is 0 Å². The van der Waals surface area contributed by atoms with Crippen LogP contribution in [0.25, 0.3) is 10.9 Å². The summed E-state index contributed by atoms with van der Waals surface area (Å²) in [7, 11) is -0.0785. The topological polar surface area (TPSA) is 62.6 Å². The van der Waals surface area contributed by atoms with E-state index in [9.17, 15) is 0 Å². The van der Waals surface area contributed by atoms with Gasteiger partial charge in [0, 0.05) is 17.0 Å². The quantitative estimate of drug-likeness (QED) is 0.670. The largest absolute Gasteiger partial charge is 0.496 e. The van der Waals surface area contributed by atoms with Gasteiger partial charge < -0.3 is 14.8 Å². The number of ether oxygens (including phenoxy) is 1. The Labute approximate surface area is 87.3 Å². The third-order valence-electron chi connectivity index (χ3n) is 2.24. The Kier molecular flexibility index (Phi) is 2.57. The first-order valence-electron chi connectivity index (χ1n) is 4.52. The summed E-state index contributed by atoms with van der Waals surface area (Å²) in [6.07, 6.45) is 1.41. The third kappa shape index (κ3) is 1.67. The van der Waals surface area contributed by atoms with Crippen molar-refractivity contribution in [3.8, 4) is 5.75 Å². The second-order valence-electron chi connectivity index (χ2n) is 3.14. The predicted octanol–water partition coefficient (Wildman–Crippen LogP) is -0.0768. The first-order valence-corrected chi connectivity index (χ1v) is 4.52. The summed E-state index contributed by atoms with van der Waals surface area (Å²) in [6.45, 7) is 0. The van der Waals surface area contributed by atoms with Crippen molar-refractivity contribution in [1.82, 2.24) is 4.98 Å². The highest BCUT2D eigenvalue weighted by atomic mass is 16.5. The maximum absolute atomic E-state index is 9.13. The predicted molar refractivity (Wildman–Crippen MR) is 58.1 cm³/mol. The van der Waals surface area contributed by atoms with E-state index in [2.05, 4.69) is 4.98 Å². The molecule has 4 nitrogen and oxygen atoms in total. The Morgan fingerprint density at radius 2 is 2.00 bits per heavy atom. The fraction of sp³-hybridized carbons (Fsp3) is 0.100. The summed E-state index contributed by atoms with van der Waals surface area (Å²) in [5.41, 5.74) is 1.04. The van der Waals surface area contributed by atoms with E-state index in [0.717, 1.165) is 10.9 Å². The van der Waals surface area contributed by atoms with Gasteiger partial charge in [0.05, 0.1) is 12.6 Å². The van der Waals surface area contributed by atoms with E-state index in [0.29, 0.717) is 5.75 Å². The zero-order valence-corrected chi connectivity index (χ0v) is 8.21. The zero-order valence-electron chi connectivity index (χ0n) is 8.21. The fourth-order valence-corrected chi connectivity index (χ4v) is 1.54. The lowest BCUT2D eigenvalue weighted by molar-refractivity contribution is 0.406. The first kappa shape index (κ1) is 9.95. The summed E-state index contributed by atoms with van der Waals surface area (Å²) in [6, 6.07) is 7.38. The van der Waals surface area contributed by atoms with Crippen LogP contribution in [0, 0.1) is 0 Å². The molecule has 0 atom stereocenters. The number of pyridine rings is 1. The molecule has 0 bridgehead atoms. The summed E-state index contributed by atoms with van der Waals surface area (Å²) >= 11 is 0. The molecule has 5 heteroatoms. The average molecular weight is 203 g/mol. The van der Waals surface area contributed by atoms with Crippen molar-refractivity contribution in [1.29, 1.82) is 0 Å². The van der Waals surface area contributed by atoms with Crippen LogP contribution in [0.1, 0.15) is 0 Å². The highest BCUT2D eigenvalue weighted by molar-refractivity contribution is 6.60.